The number of para-hydroxylation sites is 1. The van der Waals surface area contributed by atoms with Crippen LogP contribution in [-0.4, -0.2) is 21.0 Å². The number of fused-ring (bicyclic) bond motifs is 1. The highest BCUT2D eigenvalue weighted by molar-refractivity contribution is 5.83. The quantitative estimate of drug-likeness (QED) is 0.787. The molecule has 2 heterocycles. The highest BCUT2D eigenvalue weighted by atomic mass is 16.4. The summed E-state index contributed by atoms with van der Waals surface area (Å²) in [6.07, 6.45) is 4.60. The summed E-state index contributed by atoms with van der Waals surface area (Å²) in [5, 5.41) is 10.1. The van der Waals surface area contributed by atoms with E-state index in [-0.39, 0.29) is 12.3 Å². The van der Waals surface area contributed by atoms with E-state index in [0.717, 1.165) is 16.5 Å². The van der Waals surface area contributed by atoms with Crippen LogP contribution in [0.2, 0.25) is 0 Å². The summed E-state index contributed by atoms with van der Waals surface area (Å²) in [4.78, 5) is 19.2. The van der Waals surface area contributed by atoms with E-state index in [1.807, 2.05) is 24.3 Å². The fraction of sp³-hybridized carbons (Fsp3) is 0.133. The van der Waals surface area contributed by atoms with E-state index in [4.69, 9.17) is 9.52 Å². The van der Waals surface area contributed by atoms with Crippen LogP contribution in [0.15, 0.2) is 53.5 Å². The SMILES string of the molecule is O=C(O)CC(c1ccncn1)c1coc2ccccc12. The number of benzene rings is 1. The van der Waals surface area contributed by atoms with Crippen molar-refractivity contribution in [1.29, 1.82) is 0 Å². The molecule has 1 atom stereocenters. The van der Waals surface area contributed by atoms with Crippen molar-refractivity contribution in [2.45, 2.75) is 12.3 Å². The molecule has 3 aromatic rings. The third kappa shape index (κ3) is 2.25. The zero-order valence-corrected chi connectivity index (χ0v) is 10.6. The predicted octanol–water partition coefficient (Wildman–Crippen LogP) is 2.83. The zero-order chi connectivity index (χ0) is 13.9. The van der Waals surface area contributed by atoms with Crippen molar-refractivity contribution in [2.75, 3.05) is 0 Å². The van der Waals surface area contributed by atoms with Gasteiger partial charge in [-0.3, -0.25) is 4.79 Å². The van der Waals surface area contributed by atoms with Gasteiger partial charge in [-0.15, -0.1) is 0 Å². The number of carbonyl (C=O) groups is 1. The summed E-state index contributed by atoms with van der Waals surface area (Å²) in [5.74, 6) is -1.22. The molecule has 0 amide bonds. The molecule has 0 saturated carbocycles. The van der Waals surface area contributed by atoms with E-state index in [0.29, 0.717) is 5.69 Å². The Bertz CT molecular complexity index is 737. The van der Waals surface area contributed by atoms with Gasteiger partial charge in [-0.1, -0.05) is 18.2 Å². The van der Waals surface area contributed by atoms with E-state index in [1.54, 1.807) is 18.5 Å². The summed E-state index contributed by atoms with van der Waals surface area (Å²) in [7, 11) is 0. The molecule has 0 spiro atoms. The molecular formula is C15H12N2O3. The summed E-state index contributed by atoms with van der Waals surface area (Å²) in [5.41, 5.74) is 2.25. The number of hydrogen-bond donors (Lipinski definition) is 1. The monoisotopic (exact) mass is 268 g/mol. The molecule has 0 fully saturated rings. The van der Waals surface area contributed by atoms with Crippen LogP contribution in [-0.2, 0) is 4.79 Å². The van der Waals surface area contributed by atoms with Gasteiger partial charge in [0.1, 0.15) is 11.9 Å². The molecule has 20 heavy (non-hydrogen) atoms. The Morgan fingerprint density at radius 1 is 1.30 bits per heavy atom. The van der Waals surface area contributed by atoms with Crippen LogP contribution in [0, 0.1) is 0 Å². The van der Waals surface area contributed by atoms with Crippen LogP contribution in [0.25, 0.3) is 11.0 Å². The Labute approximate surface area is 114 Å². The first-order valence-corrected chi connectivity index (χ1v) is 6.19. The van der Waals surface area contributed by atoms with Gasteiger partial charge in [-0.2, -0.15) is 0 Å². The van der Waals surface area contributed by atoms with Gasteiger partial charge >= 0.3 is 5.97 Å². The lowest BCUT2D eigenvalue weighted by Crippen LogP contribution is -2.09. The van der Waals surface area contributed by atoms with E-state index in [1.165, 1.54) is 6.33 Å². The lowest BCUT2D eigenvalue weighted by molar-refractivity contribution is -0.137. The maximum absolute atomic E-state index is 11.1. The third-order valence-corrected chi connectivity index (χ3v) is 3.23. The van der Waals surface area contributed by atoms with Crippen molar-refractivity contribution in [3.63, 3.8) is 0 Å². The van der Waals surface area contributed by atoms with E-state index < -0.39 is 5.97 Å². The molecule has 0 saturated heterocycles. The minimum atomic E-state index is -0.876. The molecule has 5 heteroatoms. The minimum Gasteiger partial charge on any atom is -0.481 e. The van der Waals surface area contributed by atoms with Crippen molar-refractivity contribution < 1.29 is 14.3 Å². The number of nitrogens with zero attached hydrogens (tertiary/aromatic N) is 2. The zero-order valence-electron chi connectivity index (χ0n) is 10.6. The first kappa shape index (κ1) is 12.3. The Kier molecular flexibility index (Phi) is 3.16. The predicted molar refractivity (Wildman–Crippen MR) is 72.3 cm³/mol. The third-order valence-electron chi connectivity index (χ3n) is 3.23. The number of aromatic nitrogens is 2. The molecule has 0 aliphatic carbocycles. The topological polar surface area (TPSA) is 76.2 Å². The van der Waals surface area contributed by atoms with Gasteiger partial charge in [0.05, 0.1) is 18.4 Å². The van der Waals surface area contributed by atoms with Crippen LogP contribution in [0.3, 0.4) is 0 Å². The molecule has 3 rings (SSSR count). The van der Waals surface area contributed by atoms with Crippen LogP contribution >= 0.6 is 0 Å². The van der Waals surface area contributed by atoms with Gasteiger partial charge in [0, 0.05) is 23.1 Å². The van der Waals surface area contributed by atoms with Crippen molar-refractivity contribution in [3.8, 4) is 0 Å². The summed E-state index contributed by atoms with van der Waals surface area (Å²) in [6.45, 7) is 0. The number of hydrogen-bond acceptors (Lipinski definition) is 4. The van der Waals surface area contributed by atoms with Crippen molar-refractivity contribution in [3.05, 3.63) is 60.4 Å². The number of furan rings is 1. The minimum absolute atomic E-state index is 0.0411. The normalized spacial score (nSPS) is 12.4. The number of rotatable bonds is 4. The molecule has 0 radical (unpaired) electrons. The number of aliphatic carboxylic acids is 1. The molecule has 100 valence electrons. The average Bonchev–Trinajstić information content (AvgIpc) is 2.89. The first-order chi connectivity index (χ1) is 9.75. The van der Waals surface area contributed by atoms with Gasteiger partial charge in [0.2, 0.25) is 0 Å². The van der Waals surface area contributed by atoms with Crippen molar-refractivity contribution in [1.82, 2.24) is 9.97 Å². The van der Waals surface area contributed by atoms with Crippen LogP contribution < -0.4 is 0 Å². The second-order valence-corrected chi connectivity index (χ2v) is 4.47. The molecule has 0 bridgehead atoms. The van der Waals surface area contributed by atoms with Gasteiger partial charge in [0.15, 0.2) is 0 Å². The van der Waals surface area contributed by atoms with Gasteiger partial charge in [-0.05, 0) is 12.1 Å². The Morgan fingerprint density at radius 3 is 2.90 bits per heavy atom. The Hall–Kier alpha value is -2.69. The highest BCUT2D eigenvalue weighted by Gasteiger charge is 2.23. The molecule has 1 aromatic carbocycles. The average molecular weight is 268 g/mol. The summed E-state index contributed by atoms with van der Waals surface area (Å²) >= 11 is 0. The number of carboxylic acids is 1. The summed E-state index contributed by atoms with van der Waals surface area (Å²) in [6, 6.07) is 9.29. The standard InChI is InChI=1S/C15H12N2O3/c18-15(19)7-11(13-5-6-16-9-17-13)12-8-20-14-4-2-1-3-10(12)14/h1-6,8-9,11H,7H2,(H,18,19). The van der Waals surface area contributed by atoms with E-state index in [2.05, 4.69) is 9.97 Å². The fourth-order valence-electron chi connectivity index (χ4n) is 2.32. The second kappa shape index (κ2) is 5.13. The highest BCUT2D eigenvalue weighted by Crippen LogP contribution is 2.33. The van der Waals surface area contributed by atoms with Gasteiger partial charge in [0.25, 0.3) is 0 Å². The molecular weight excluding hydrogens is 256 g/mol. The maximum atomic E-state index is 11.1. The molecule has 0 aliphatic rings. The molecule has 0 aliphatic heterocycles. The maximum Gasteiger partial charge on any atom is 0.304 e. The first-order valence-electron chi connectivity index (χ1n) is 6.19. The van der Waals surface area contributed by atoms with E-state index in [9.17, 15) is 4.79 Å². The fourth-order valence-corrected chi connectivity index (χ4v) is 2.32. The van der Waals surface area contributed by atoms with Gasteiger partial charge in [-0.25, -0.2) is 9.97 Å². The lowest BCUT2D eigenvalue weighted by Gasteiger charge is -2.12. The molecule has 5 nitrogen and oxygen atoms in total. The van der Waals surface area contributed by atoms with Gasteiger partial charge < -0.3 is 9.52 Å². The van der Waals surface area contributed by atoms with Crippen LogP contribution in [0.1, 0.15) is 23.6 Å². The Balaban J connectivity index is 2.12. The number of carboxylic acid groups (broad SMARTS) is 1. The molecule has 2 aromatic heterocycles. The summed E-state index contributed by atoms with van der Waals surface area (Å²) < 4.78 is 5.50. The smallest absolute Gasteiger partial charge is 0.304 e. The molecule has 1 N–H and O–H groups in total. The van der Waals surface area contributed by atoms with Crippen LogP contribution in [0.5, 0.6) is 0 Å². The van der Waals surface area contributed by atoms with Crippen molar-refractivity contribution >= 4 is 16.9 Å². The largest absolute Gasteiger partial charge is 0.481 e. The van der Waals surface area contributed by atoms with Crippen LogP contribution in [0.4, 0.5) is 0 Å². The molecule has 1 unspecified atom stereocenters. The lowest BCUT2D eigenvalue weighted by atomic mass is 9.92. The Morgan fingerprint density at radius 2 is 2.15 bits per heavy atom. The van der Waals surface area contributed by atoms with E-state index >= 15 is 0 Å². The van der Waals surface area contributed by atoms with Crippen molar-refractivity contribution in [2.24, 2.45) is 0 Å². The second-order valence-electron chi connectivity index (χ2n) is 4.47.